The van der Waals surface area contributed by atoms with Crippen molar-refractivity contribution in [2.24, 2.45) is 13.0 Å². The van der Waals surface area contributed by atoms with Crippen LogP contribution in [-0.4, -0.2) is 27.8 Å². The molecule has 1 saturated carbocycles. The van der Waals surface area contributed by atoms with E-state index in [9.17, 15) is 10.1 Å². The second-order valence-corrected chi connectivity index (χ2v) is 5.65. The van der Waals surface area contributed by atoms with E-state index < -0.39 is 0 Å². The van der Waals surface area contributed by atoms with Crippen molar-refractivity contribution >= 4 is 5.69 Å². The van der Waals surface area contributed by atoms with Crippen LogP contribution in [-0.2, 0) is 13.5 Å². The number of nitro groups is 1. The lowest BCUT2D eigenvalue weighted by atomic mass is 10.0. The highest BCUT2D eigenvalue weighted by Gasteiger charge is 2.35. The standard InChI is InChI=1S/C13H22N4O2/c1-8(2)12-13(17(18)19)11(16(4)15-12)7-10(14-3)9-5-6-9/h8-10,14H,5-7H2,1-4H3. The van der Waals surface area contributed by atoms with Crippen molar-refractivity contribution in [2.45, 2.75) is 45.1 Å². The number of nitrogens with zero attached hydrogens (tertiary/aromatic N) is 3. The Hall–Kier alpha value is -1.43. The fraction of sp³-hybridized carbons (Fsp3) is 0.769. The van der Waals surface area contributed by atoms with Gasteiger partial charge in [-0.05, 0) is 25.8 Å². The van der Waals surface area contributed by atoms with Crippen LogP contribution in [0.5, 0.6) is 0 Å². The average molecular weight is 266 g/mol. The van der Waals surface area contributed by atoms with Crippen LogP contribution < -0.4 is 5.32 Å². The van der Waals surface area contributed by atoms with E-state index in [2.05, 4.69) is 10.4 Å². The predicted octanol–water partition coefficient (Wildman–Crippen LogP) is 1.99. The third-order valence-corrected chi connectivity index (χ3v) is 3.87. The lowest BCUT2D eigenvalue weighted by Crippen LogP contribution is -2.30. The number of hydrogen-bond donors (Lipinski definition) is 1. The van der Waals surface area contributed by atoms with Crippen LogP contribution in [0.15, 0.2) is 0 Å². The topological polar surface area (TPSA) is 73.0 Å². The van der Waals surface area contributed by atoms with Gasteiger partial charge in [-0.2, -0.15) is 5.10 Å². The summed E-state index contributed by atoms with van der Waals surface area (Å²) < 4.78 is 1.68. The van der Waals surface area contributed by atoms with E-state index in [1.165, 1.54) is 12.8 Å². The third-order valence-electron chi connectivity index (χ3n) is 3.87. The quantitative estimate of drug-likeness (QED) is 0.631. The minimum Gasteiger partial charge on any atom is -0.316 e. The van der Waals surface area contributed by atoms with Crippen molar-refractivity contribution in [3.63, 3.8) is 0 Å². The second kappa shape index (κ2) is 5.28. The Labute approximate surface area is 113 Å². The largest absolute Gasteiger partial charge is 0.316 e. The Morgan fingerprint density at radius 1 is 1.53 bits per heavy atom. The maximum atomic E-state index is 11.3. The van der Waals surface area contributed by atoms with Gasteiger partial charge in [0.05, 0.1) is 4.92 Å². The molecule has 106 valence electrons. The van der Waals surface area contributed by atoms with Crippen LogP contribution in [0.25, 0.3) is 0 Å². The van der Waals surface area contributed by atoms with Crippen molar-refractivity contribution in [1.82, 2.24) is 15.1 Å². The number of aromatic nitrogens is 2. The van der Waals surface area contributed by atoms with Gasteiger partial charge in [-0.25, -0.2) is 0 Å². The van der Waals surface area contributed by atoms with Gasteiger partial charge in [0.1, 0.15) is 11.4 Å². The molecule has 1 atom stereocenters. The summed E-state index contributed by atoms with van der Waals surface area (Å²) in [6, 6.07) is 0.314. The van der Waals surface area contributed by atoms with Crippen LogP contribution >= 0.6 is 0 Å². The van der Waals surface area contributed by atoms with Crippen molar-refractivity contribution in [1.29, 1.82) is 0 Å². The van der Waals surface area contributed by atoms with Crippen LogP contribution in [0.3, 0.4) is 0 Å². The van der Waals surface area contributed by atoms with E-state index >= 15 is 0 Å². The molecule has 1 aromatic rings. The van der Waals surface area contributed by atoms with Gasteiger partial charge in [-0.15, -0.1) is 0 Å². The van der Waals surface area contributed by atoms with Gasteiger partial charge in [-0.1, -0.05) is 13.8 Å². The third kappa shape index (κ3) is 2.78. The van der Waals surface area contributed by atoms with Gasteiger partial charge in [-0.3, -0.25) is 14.8 Å². The fourth-order valence-electron chi connectivity index (χ4n) is 2.60. The molecule has 1 aromatic heterocycles. The molecule has 0 amide bonds. The predicted molar refractivity (Wildman–Crippen MR) is 73.2 cm³/mol. The summed E-state index contributed by atoms with van der Waals surface area (Å²) in [6.07, 6.45) is 3.11. The molecule has 1 aliphatic rings. The lowest BCUT2D eigenvalue weighted by molar-refractivity contribution is -0.386. The Balaban J connectivity index is 2.35. The number of likely N-dealkylation sites (N-methyl/N-ethyl adjacent to an activating group) is 1. The molecule has 1 fully saturated rings. The smallest absolute Gasteiger partial charge is 0.313 e. The fourth-order valence-corrected chi connectivity index (χ4v) is 2.60. The summed E-state index contributed by atoms with van der Waals surface area (Å²) in [7, 11) is 3.72. The molecule has 1 unspecified atom stereocenters. The van der Waals surface area contributed by atoms with Crippen molar-refractivity contribution < 1.29 is 4.92 Å². The summed E-state index contributed by atoms with van der Waals surface area (Å²) in [5.41, 5.74) is 1.53. The van der Waals surface area contributed by atoms with Gasteiger partial charge in [0.2, 0.25) is 0 Å². The van der Waals surface area contributed by atoms with Crippen molar-refractivity contribution in [3.05, 3.63) is 21.5 Å². The number of rotatable bonds is 6. The van der Waals surface area contributed by atoms with E-state index in [1.807, 2.05) is 20.9 Å². The summed E-state index contributed by atoms with van der Waals surface area (Å²) in [4.78, 5) is 11.1. The van der Waals surface area contributed by atoms with E-state index in [1.54, 1.807) is 11.7 Å². The summed E-state index contributed by atoms with van der Waals surface area (Å²) >= 11 is 0. The van der Waals surface area contributed by atoms with Crippen molar-refractivity contribution in [2.75, 3.05) is 7.05 Å². The first-order valence-corrected chi connectivity index (χ1v) is 6.83. The zero-order valence-corrected chi connectivity index (χ0v) is 12.0. The summed E-state index contributed by atoms with van der Waals surface area (Å²) in [5, 5.41) is 19.0. The zero-order chi connectivity index (χ0) is 14.2. The SMILES string of the molecule is CNC(Cc1c([N+](=O)[O-])c(C(C)C)nn1C)C1CC1. The van der Waals surface area contributed by atoms with Gasteiger partial charge in [0, 0.05) is 25.4 Å². The number of nitrogens with one attached hydrogen (secondary N) is 1. The Bertz CT molecular complexity index is 477. The monoisotopic (exact) mass is 266 g/mol. The maximum absolute atomic E-state index is 11.3. The Morgan fingerprint density at radius 2 is 2.16 bits per heavy atom. The highest BCUT2D eigenvalue weighted by molar-refractivity contribution is 5.43. The molecule has 6 heteroatoms. The molecule has 2 rings (SSSR count). The molecule has 0 spiro atoms. The van der Waals surface area contributed by atoms with Gasteiger partial charge in [0.25, 0.3) is 0 Å². The molecule has 0 aliphatic heterocycles. The van der Waals surface area contributed by atoms with Crippen LogP contribution in [0.4, 0.5) is 5.69 Å². The normalized spacial score (nSPS) is 16.9. The lowest BCUT2D eigenvalue weighted by Gasteiger charge is -2.14. The van der Waals surface area contributed by atoms with Gasteiger partial charge < -0.3 is 5.32 Å². The average Bonchev–Trinajstić information content (AvgIpc) is 3.11. The molecule has 1 N–H and O–H groups in total. The Kier molecular flexibility index (Phi) is 3.89. The first kappa shape index (κ1) is 14.0. The first-order chi connectivity index (χ1) is 8.95. The van der Waals surface area contributed by atoms with Crippen molar-refractivity contribution in [3.8, 4) is 0 Å². The highest BCUT2D eigenvalue weighted by atomic mass is 16.6. The Morgan fingerprint density at radius 3 is 2.58 bits per heavy atom. The van der Waals surface area contributed by atoms with Crippen LogP contribution in [0.1, 0.15) is 44.0 Å². The minimum absolute atomic E-state index is 0.0642. The van der Waals surface area contributed by atoms with E-state index in [0.29, 0.717) is 24.1 Å². The molecule has 0 radical (unpaired) electrons. The van der Waals surface area contributed by atoms with E-state index in [4.69, 9.17) is 0 Å². The first-order valence-electron chi connectivity index (χ1n) is 6.83. The molecular weight excluding hydrogens is 244 g/mol. The molecule has 0 bridgehead atoms. The molecule has 1 aliphatic carbocycles. The molecule has 1 heterocycles. The van der Waals surface area contributed by atoms with Gasteiger partial charge in [0.15, 0.2) is 0 Å². The maximum Gasteiger partial charge on any atom is 0.313 e. The minimum atomic E-state index is -0.280. The van der Waals surface area contributed by atoms with Gasteiger partial charge >= 0.3 is 5.69 Å². The zero-order valence-electron chi connectivity index (χ0n) is 12.0. The second-order valence-electron chi connectivity index (χ2n) is 5.65. The summed E-state index contributed by atoms with van der Waals surface area (Å²) in [6.45, 7) is 3.88. The molecule has 0 aromatic carbocycles. The highest BCUT2D eigenvalue weighted by Crippen LogP contribution is 2.36. The van der Waals surface area contributed by atoms with Crippen LogP contribution in [0.2, 0.25) is 0 Å². The molecular formula is C13H22N4O2. The molecule has 6 nitrogen and oxygen atoms in total. The van der Waals surface area contributed by atoms with Crippen LogP contribution in [0, 0.1) is 16.0 Å². The van der Waals surface area contributed by atoms with E-state index in [-0.39, 0.29) is 16.5 Å². The number of hydrogen-bond acceptors (Lipinski definition) is 4. The van der Waals surface area contributed by atoms with E-state index in [0.717, 1.165) is 5.69 Å². The molecule has 0 saturated heterocycles. The molecule has 19 heavy (non-hydrogen) atoms. The summed E-state index contributed by atoms with van der Waals surface area (Å²) in [5.74, 6) is 0.719. The number of aryl methyl sites for hydroxylation is 1.